The van der Waals surface area contributed by atoms with Crippen molar-refractivity contribution < 1.29 is 4.79 Å². The Morgan fingerprint density at radius 1 is 1.13 bits per heavy atom. The molecule has 0 spiro atoms. The van der Waals surface area contributed by atoms with Crippen LogP contribution in [0.5, 0.6) is 0 Å². The minimum Gasteiger partial charge on any atom is -0.364 e. The standard InChI is InChI=1S/C19H17N3O/c1-21(18-6-4-5-15(13-18)14-20)19(23)16-7-9-17(10-8-16)22-11-2-3-12-22/h2-10,13H,11-12H2,1H3. The van der Waals surface area contributed by atoms with Crippen LogP contribution in [-0.4, -0.2) is 26.0 Å². The van der Waals surface area contributed by atoms with Crippen molar-refractivity contribution in [3.8, 4) is 6.07 Å². The van der Waals surface area contributed by atoms with Crippen LogP contribution in [0.3, 0.4) is 0 Å². The van der Waals surface area contributed by atoms with Gasteiger partial charge in [0, 0.05) is 37.1 Å². The molecule has 0 atom stereocenters. The maximum absolute atomic E-state index is 12.6. The van der Waals surface area contributed by atoms with Crippen molar-refractivity contribution in [3.05, 3.63) is 71.8 Å². The van der Waals surface area contributed by atoms with Crippen molar-refractivity contribution in [2.75, 3.05) is 29.9 Å². The molecule has 4 heteroatoms. The highest BCUT2D eigenvalue weighted by Gasteiger charge is 2.15. The van der Waals surface area contributed by atoms with Gasteiger partial charge in [-0.3, -0.25) is 4.79 Å². The van der Waals surface area contributed by atoms with E-state index < -0.39 is 0 Å². The normalized spacial score (nSPS) is 13.0. The van der Waals surface area contributed by atoms with Crippen LogP contribution < -0.4 is 9.80 Å². The summed E-state index contributed by atoms with van der Waals surface area (Å²) in [4.78, 5) is 16.4. The first-order chi connectivity index (χ1) is 11.2. The SMILES string of the molecule is CN(C(=O)c1ccc(N2CC=CC2)cc1)c1cccc(C#N)c1. The molecule has 1 amide bonds. The van der Waals surface area contributed by atoms with Crippen LogP contribution in [0.4, 0.5) is 11.4 Å². The molecule has 0 fully saturated rings. The van der Waals surface area contributed by atoms with Gasteiger partial charge in [0.2, 0.25) is 0 Å². The summed E-state index contributed by atoms with van der Waals surface area (Å²) in [6, 6.07) is 16.8. The number of anilines is 2. The van der Waals surface area contributed by atoms with Gasteiger partial charge >= 0.3 is 0 Å². The number of rotatable bonds is 3. The molecule has 0 saturated carbocycles. The van der Waals surface area contributed by atoms with E-state index in [-0.39, 0.29) is 5.91 Å². The van der Waals surface area contributed by atoms with E-state index in [1.807, 2.05) is 30.3 Å². The zero-order chi connectivity index (χ0) is 16.2. The van der Waals surface area contributed by atoms with Crippen molar-refractivity contribution in [1.29, 1.82) is 5.26 Å². The van der Waals surface area contributed by atoms with Crippen molar-refractivity contribution >= 4 is 17.3 Å². The largest absolute Gasteiger partial charge is 0.364 e. The van der Waals surface area contributed by atoms with Gasteiger partial charge in [-0.2, -0.15) is 5.26 Å². The summed E-state index contributed by atoms with van der Waals surface area (Å²) >= 11 is 0. The Bertz CT molecular complexity index is 779. The van der Waals surface area contributed by atoms with Gasteiger partial charge in [0.15, 0.2) is 0 Å². The lowest BCUT2D eigenvalue weighted by Gasteiger charge is -2.20. The number of amides is 1. The second-order valence-electron chi connectivity index (χ2n) is 5.45. The highest BCUT2D eigenvalue weighted by atomic mass is 16.2. The molecule has 0 aromatic heterocycles. The number of carbonyl (C=O) groups is 1. The predicted molar refractivity (Wildman–Crippen MR) is 91.7 cm³/mol. The van der Waals surface area contributed by atoms with Crippen molar-refractivity contribution in [1.82, 2.24) is 0 Å². The molecule has 3 rings (SSSR count). The summed E-state index contributed by atoms with van der Waals surface area (Å²) in [6.45, 7) is 1.82. The highest BCUT2D eigenvalue weighted by molar-refractivity contribution is 6.06. The molecule has 2 aromatic rings. The molecule has 4 nitrogen and oxygen atoms in total. The van der Waals surface area contributed by atoms with E-state index in [0.717, 1.165) is 18.8 Å². The van der Waals surface area contributed by atoms with Crippen LogP contribution in [-0.2, 0) is 0 Å². The first-order valence-electron chi connectivity index (χ1n) is 7.47. The first-order valence-corrected chi connectivity index (χ1v) is 7.47. The molecule has 0 saturated heterocycles. The molecule has 1 heterocycles. The van der Waals surface area contributed by atoms with Crippen molar-refractivity contribution in [2.24, 2.45) is 0 Å². The molecule has 0 unspecified atom stereocenters. The number of benzene rings is 2. The molecule has 114 valence electrons. The fraction of sp³-hybridized carbons (Fsp3) is 0.158. The van der Waals surface area contributed by atoms with Gasteiger partial charge < -0.3 is 9.80 Å². The summed E-state index contributed by atoms with van der Waals surface area (Å²) in [5, 5.41) is 8.97. The Labute approximate surface area is 135 Å². The molecule has 23 heavy (non-hydrogen) atoms. The summed E-state index contributed by atoms with van der Waals surface area (Å²) < 4.78 is 0. The van der Waals surface area contributed by atoms with Crippen LogP contribution in [0.1, 0.15) is 15.9 Å². The second-order valence-corrected chi connectivity index (χ2v) is 5.45. The van der Waals surface area contributed by atoms with Gasteiger partial charge in [-0.15, -0.1) is 0 Å². The van der Waals surface area contributed by atoms with Crippen LogP contribution in [0.15, 0.2) is 60.7 Å². The lowest BCUT2D eigenvalue weighted by Crippen LogP contribution is -2.26. The summed E-state index contributed by atoms with van der Waals surface area (Å²) in [5.74, 6) is -0.0915. The summed E-state index contributed by atoms with van der Waals surface area (Å²) in [6.07, 6.45) is 4.27. The Hall–Kier alpha value is -3.06. The Balaban J connectivity index is 1.77. The van der Waals surface area contributed by atoms with E-state index >= 15 is 0 Å². The van der Waals surface area contributed by atoms with Crippen LogP contribution >= 0.6 is 0 Å². The molecule has 1 aliphatic heterocycles. The quantitative estimate of drug-likeness (QED) is 0.818. The molecule has 0 bridgehead atoms. The molecule has 0 radical (unpaired) electrons. The van der Waals surface area contributed by atoms with Crippen LogP contribution in [0, 0.1) is 11.3 Å². The predicted octanol–water partition coefficient (Wildman–Crippen LogP) is 3.21. The number of nitriles is 1. The molecule has 2 aromatic carbocycles. The molecule has 0 aliphatic carbocycles. The lowest BCUT2D eigenvalue weighted by atomic mass is 10.1. The smallest absolute Gasteiger partial charge is 0.258 e. The highest BCUT2D eigenvalue weighted by Crippen LogP contribution is 2.20. The zero-order valence-electron chi connectivity index (χ0n) is 12.9. The topological polar surface area (TPSA) is 47.3 Å². The third-order valence-electron chi connectivity index (χ3n) is 3.96. The van der Waals surface area contributed by atoms with Gasteiger partial charge in [-0.25, -0.2) is 0 Å². The Kier molecular flexibility index (Phi) is 4.11. The summed E-state index contributed by atoms with van der Waals surface area (Å²) in [5.41, 5.74) is 2.99. The number of hydrogen-bond acceptors (Lipinski definition) is 3. The average molecular weight is 303 g/mol. The van der Waals surface area contributed by atoms with E-state index in [9.17, 15) is 4.79 Å². The minimum absolute atomic E-state index is 0.0915. The first kappa shape index (κ1) is 14.9. The van der Waals surface area contributed by atoms with Crippen LogP contribution in [0.25, 0.3) is 0 Å². The van der Waals surface area contributed by atoms with Gasteiger partial charge in [0.1, 0.15) is 0 Å². The fourth-order valence-corrected chi connectivity index (χ4v) is 2.60. The van der Waals surface area contributed by atoms with E-state index in [4.69, 9.17) is 5.26 Å². The maximum Gasteiger partial charge on any atom is 0.258 e. The average Bonchev–Trinajstić information content (AvgIpc) is 3.15. The van der Waals surface area contributed by atoms with E-state index in [0.29, 0.717) is 16.8 Å². The van der Waals surface area contributed by atoms with Gasteiger partial charge in [-0.05, 0) is 42.5 Å². The zero-order valence-corrected chi connectivity index (χ0v) is 12.9. The fourth-order valence-electron chi connectivity index (χ4n) is 2.60. The van der Waals surface area contributed by atoms with E-state index in [1.165, 1.54) is 0 Å². The van der Waals surface area contributed by atoms with Gasteiger partial charge in [0.05, 0.1) is 11.6 Å². The van der Waals surface area contributed by atoms with Crippen LogP contribution in [0.2, 0.25) is 0 Å². The Morgan fingerprint density at radius 3 is 2.48 bits per heavy atom. The third-order valence-corrected chi connectivity index (χ3v) is 3.96. The van der Waals surface area contributed by atoms with E-state index in [2.05, 4.69) is 23.1 Å². The number of carbonyl (C=O) groups excluding carboxylic acids is 1. The lowest BCUT2D eigenvalue weighted by molar-refractivity contribution is 0.0993. The number of nitrogens with zero attached hydrogens (tertiary/aromatic N) is 3. The minimum atomic E-state index is -0.0915. The van der Waals surface area contributed by atoms with Crippen molar-refractivity contribution in [2.45, 2.75) is 0 Å². The summed E-state index contributed by atoms with van der Waals surface area (Å²) in [7, 11) is 1.72. The molecule has 0 N–H and O–H groups in total. The van der Waals surface area contributed by atoms with Gasteiger partial charge in [0.25, 0.3) is 5.91 Å². The Morgan fingerprint density at radius 2 is 1.83 bits per heavy atom. The van der Waals surface area contributed by atoms with Gasteiger partial charge in [-0.1, -0.05) is 18.2 Å². The maximum atomic E-state index is 12.6. The molecular formula is C19H17N3O. The van der Waals surface area contributed by atoms with E-state index in [1.54, 1.807) is 30.1 Å². The molecular weight excluding hydrogens is 286 g/mol. The number of hydrogen-bond donors (Lipinski definition) is 0. The second kappa shape index (κ2) is 6.37. The molecule has 1 aliphatic rings. The third kappa shape index (κ3) is 3.09. The monoisotopic (exact) mass is 303 g/mol. The van der Waals surface area contributed by atoms with Crippen molar-refractivity contribution in [3.63, 3.8) is 0 Å².